The van der Waals surface area contributed by atoms with E-state index in [4.69, 9.17) is 27.9 Å². The maximum absolute atomic E-state index is 6.34. The van der Waals surface area contributed by atoms with Gasteiger partial charge in [-0.15, -0.1) is 0 Å². The van der Waals surface area contributed by atoms with Crippen LogP contribution in [-0.2, 0) is 4.74 Å². The first-order valence-corrected chi connectivity index (χ1v) is 8.42. The molecule has 2 aromatic rings. The molecule has 1 fully saturated rings. The van der Waals surface area contributed by atoms with Crippen LogP contribution in [0.15, 0.2) is 6.07 Å². The zero-order chi connectivity index (χ0) is 15.2. The number of benzene rings is 1. The molecule has 1 aliphatic carbocycles. The molecule has 1 aromatic heterocycles. The van der Waals surface area contributed by atoms with Crippen LogP contribution in [0.3, 0.4) is 0 Å². The second-order valence-corrected chi connectivity index (χ2v) is 7.22. The third kappa shape index (κ3) is 2.50. The summed E-state index contributed by atoms with van der Waals surface area (Å²) in [6, 6.07) is 2.01. The van der Waals surface area contributed by atoms with Crippen molar-refractivity contribution >= 4 is 51.7 Å². The fourth-order valence-corrected chi connectivity index (χ4v) is 3.97. The largest absolute Gasteiger partial charge is 0.379 e. The molecular weight excluding hydrogens is 329 g/mol. The zero-order valence-electron chi connectivity index (χ0n) is 12.1. The van der Waals surface area contributed by atoms with Gasteiger partial charge in [0.1, 0.15) is 11.0 Å². The Hall–Kier alpha value is -0.620. The monoisotopic (exact) mass is 345 g/mol. The highest BCUT2D eigenvalue weighted by Crippen LogP contribution is 2.46. The Morgan fingerprint density at radius 3 is 2.71 bits per heavy atom. The molecule has 21 heavy (non-hydrogen) atoms. The van der Waals surface area contributed by atoms with Crippen LogP contribution in [0, 0.1) is 5.41 Å². The van der Waals surface area contributed by atoms with Crippen LogP contribution in [-0.4, -0.2) is 27.5 Å². The summed E-state index contributed by atoms with van der Waals surface area (Å²) in [5, 5.41) is 4.63. The molecule has 1 N–H and O–H groups in total. The van der Waals surface area contributed by atoms with Gasteiger partial charge < -0.3 is 10.1 Å². The van der Waals surface area contributed by atoms with Gasteiger partial charge in [0.25, 0.3) is 0 Å². The summed E-state index contributed by atoms with van der Waals surface area (Å²) in [5.74, 6) is 0. The summed E-state index contributed by atoms with van der Waals surface area (Å²) in [6.07, 6.45) is 1.23. The lowest BCUT2D eigenvalue weighted by molar-refractivity contribution is -0.0975. The first kappa shape index (κ1) is 15.3. The maximum atomic E-state index is 6.34. The summed E-state index contributed by atoms with van der Waals surface area (Å²) in [6.45, 7) is 7.17. The molecule has 7 heteroatoms. The van der Waals surface area contributed by atoms with Gasteiger partial charge in [-0.2, -0.15) is 8.75 Å². The summed E-state index contributed by atoms with van der Waals surface area (Å²) >= 11 is 13.6. The number of ether oxygens (including phenoxy) is 1. The Bertz CT molecular complexity index is 674. The molecular formula is C14H17Cl2N3OS. The fraction of sp³-hybridized carbons (Fsp3) is 0.571. The summed E-state index contributed by atoms with van der Waals surface area (Å²) < 4.78 is 14.3. The lowest BCUT2D eigenvalue weighted by atomic mass is 9.64. The van der Waals surface area contributed by atoms with Gasteiger partial charge in [-0.05, 0) is 19.4 Å². The van der Waals surface area contributed by atoms with Crippen LogP contribution in [0.2, 0.25) is 10.0 Å². The Morgan fingerprint density at radius 1 is 1.33 bits per heavy atom. The average molecular weight is 346 g/mol. The van der Waals surface area contributed by atoms with Gasteiger partial charge in [-0.1, -0.05) is 37.0 Å². The SMILES string of the molecule is CCOC1CC(Nc2c(Cl)cc(Cl)c3nsnc23)C1(C)C. The predicted octanol–water partition coefficient (Wildman–Crippen LogP) is 4.61. The van der Waals surface area contributed by atoms with Crippen molar-refractivity contribution in [1.29, 1.82) is 0 Å². The van der Waals surface area contributed by atoms with Crippen LogP contribution in [0.25, 0.3) is 11.0 Å². The van der Waals surface area contributed by atoms with E-state index in [0.717, 1.165) is 36.0 Å². The van der Waals surface area contributed by atoms with Gasteiger partial charge in [-0.25, -0.2) is 0 Å². The average Bonchev–Trinajstić information content (AvgIpc) is 2.90. The van der Waals surface area contributed by atoms with E-state index in [1.165, 1.54) is 0 Å². The zero-order valence-corrected chi connectivity index (χ0v) is 14.4. The third-order valence-corrected chi connectivity index (χ3v) is 5.42. The molecule has 2 atom stereocenters. The number of hydrogen-bond acceptors (Lipinski definition) is 5. The molecule has 1 aromatic carbocycles. The van der Waals surface area contributed by atoms with E-state index in [1.807, 2.05) is 6.92 Å². The number of anilines is 1. The molecule has 0 aliphatic heterocycles. The number of nitrogens with one attached hydrogen (secondary N) is 1. The van der Waals surface area contributed by atoms with Gasteiger partial charge in [0.05, 0.1) is 33.6 Å². The second-order valence-electron chi connectivity index (χ2n) is 5.87. The van der Waals surface area contributed by atoms with Crippen molar-refractivity contribution in [2.75, 3.05) is 11.9 Å². The van der Waals surface area contributed by atoms with Gasteiger partial charge in [-0.3, -0.25) is 0 Å². The van der Waals surface area contributed by atoms with Gasteiger partial charge in [0, 0.05) is 18.1 Å². The normalized spacial score (nSPS) is 24.0. The first-order valence-electron chi connectivity index (χ1n) is 6.93. The minimum absolute atomic E-state index is 0.0503. The van der Waals surface area contributed by atoms with E-state index in [2.05, 4.69) is 27.9 Å². The first-order chi connectivity index (χ1) is 9.95. The molecule has 1 aliphatic rings. The predicted molar refractivity (Wildman–Crippen MR) is 88.7 cm³/mol. The molecule has 0 spiro atoms. The quantitative estimate of drug-likeness (QED) is 0.878. The highest BCUT2D eigenvalue weighted by atomic mass is 35.5. The Morgan fingerprint density at radius 2 is 2.05 bits per heavy atom. The van der Waals surface area contributed by atoms with E-state index in [1.54, 1.807) is 6.07 Å². The van der Waals surface area contributed by atoms with Gasteiger partial charge in [0.2, 0.25) is 0 Å². The fourth-order valence-electron chi connectivity index (χ4n) is 2.80. The standard InChI is InChI=1S/C14H17Cl2N3OS/c1-4-20-10-6-9(14(10,2)3)17-11-7(15)5-8(16)12-13(11)19-21-18-12/h5,9-10,17H,4,6H2,1-3H3. The molecule has 4 nitrogen and oxygen atoms in total. The molecule has 0 amide bonds. The number of aromatic nitrogens is 2. The lowest BCUT2D eigenvalue weighted by Gasteiger charge is -2.52. The van der Waals surface area contributed by atoms with Crippen LogP contribution >= 0.6 is 34.9 Å². The maximum Gasteiger partial charge on any atom is 0.130 e. The lowest BCUT2D eigenvalue weighted by Crippen LogP contribution is -2.58. The number of hydrogen-bond donors (Lipinski definition) is 1. The van der Waals surface area contributed by atoms with E-state index < -0.39 is 0 Å². The van der Waals surface area contributed by atoms with Crippen molar-refractivity contribution in [3.05, 3.63) is 16.1 Å². The third-order valence-electron chi connectivity index (χ3n) is 4.31. The summed E-state index contributed by atoms with van der Waals surface area (Å²) in [7, 11) is 0. The molecule has 2 unspecified atom stereocenters. The van der Waals surface area contributed by atoms with Crippen LogP contribution < -0.4 is 5.32 Å². The number of fused-ring (bicyclic) bond motifs is 1. The second kappa shape index (κ2) is 5.54. The summed E-state index contributed by atoms with van der Waals surface area (Å²) in [4.78, 5) is 0. The number of halogens is 2. The van der Waals surface area contributed by atoms with Crippen molar-refractivity contribution in [2.24, 2.45) is 5.41 Å². The van der Waals surface area contributed by atoms with Crippen LogP contribution in [0.4, 0.5) is 5.69 Å². The van der Waals surface area contributed by atoms with Crippen molar-refractivity contribution < 1.29 is 4.74 Å². The summed E-state index contributed by atoms with van der Waals surface area (Å²) in [5.41, 5.74) is 2.31. The van der Waals surface area contributed by atoms with Gasteiger partial charge >= 0.3 is 0 Å². The van der Waals surface area contributed by atoms with E-state index in [0.29, 0.717) is 15.6 Å². The van der Waals surface area contributed by atoms with Crippen molar-refractivity contribution in [3.8, 4) is 0 Å². The molecule has 114 valence electrons. The highest BCUT2D eigenvalue weighted by Gasteiger charge is 2.49. The van der Waals surface area contributed by atoms with Crippen LogP contribution in [0.1, 0.15) is 27.2 Å². The minimum Gasteiger partial charge on any atom is -0.379 e. The number of rotatable bonds is 4. The molecule has 3 rings (SSSR count). The molecule has 1 heterocycles. The van der Waals surface area contributed by atoms with Crippen molar-refractivity contribution in [2.45, 2.75) is 39.3 Å². The highest BCUT2D eigenvalue weighted by molar-refractivity contribution is 7.00. The molecule has 0 bridgehead atoms. The van der Waals surface area contributed by atoms with E-state index in [-0.39, 0.29) is 17.6 Å². The van der Waals surface area contributed by atoms with Crippen molar-refractivity contribution in [3.63, 3.8) is 0 Å². The Balaban J connectivity index is 1.88. The Labute approximate surface area is 138 Å². The Kier molecular flexibility index (Phi) is 4.03. The molecule has 0 saturated heterocycles. The van der Waals surface area contributed by atoms with E-state index in [9.17, 15) is 0 Å². The molecule has 0 radical (unpaired) electrons. The van der Waals surface area contributed by atoms with Crippen LogP contribution in [0.5, 0.6) is 0 Å². The molecule has 1 saturated carbocycles. The van der Waals surface area contributed by atoms with Gasteiger partial charge in [0.15, 0.2) is 0 Å². The topological polar surface area (TPSA) is 47.0 Å². The smallest absolute Gasteiger partial charge is 0.130 e. The van der Waals surface area contributed by atoms with E-state index >= 15 is 0 Å². The number of nitrogens with zero attached hydrogens (tertiary/aromatic N) is 2. The minimum atomic E-state index is 0.0503. The van der Waals surface area contributed by atoms with Crippen molar-refractivity contribution in [1.82, 2.24) is 8.75 Å².